The number of methoxy groups -OCH3 is 1. The van der Waals surface area contributed by atoms with Gasteiger partial charge in [0.25, 0.3) is 5.56 Å². The molecule has 1 aromatic heterocycles. The first-order valence-corrected chi connectivity index (χ1v) is 9.05. The Hall–Kier alpha value is -3.15. The van der Waals surface area contributed by atoms with E-state index >= 15 is 0 Å². The number of amides is 1. The molecule has 1 amide bonds. The third-order valence-electron chi connectivity index (χ3n) is 5.11. The monoisotopic (exact) mass is 363 g/mol. The highest BCUT2D eigenvalue weighted by Crippen LogP contribution is 2.32. The van der Waals surface area contributed by atoms with Gasteiger partial charge in [0.15, 0.2) is 0 Å². The van der Waals surface area contributed by atoms with Crippen LogP contribution in [0.2, 0.25) is 0 Å². The first kappa shape index (κ1) is 17.3. The van der Waals surface area contributed by atoms with E-state index in [9.17, 15) is 9.59 Å². The Morgan fingerprint density at radius 3 is 2.74 bits per heavy atom. The van der Waals surface area contributed by atoms with E-state index in [1.54, 1.807) is 25.3 Å². The molecule has 1 fully saturated rings. The van der Waals surface area contributed by atoms with E-state index in [4.69, 9.17) is 4.74 Å². The van der Waals surface area contributed by atoms with Crippen LogP contribution in [0.25, 0.3) is 10.9 Å². The summed E-state index contributed by atoms with van der Waals surface area (Å²) in [6.07, 6.45) is 3.33. The predicted molar refractivity (Wildman–Crippen MR) is 103 cm³/mol. The number of aromatic nitrogens is 2. The van der Waals surface area contributed by atoms with Crippen molar-refractivity contribution in [1.82, 2.24) is 14.5 Å². The van der Waals surface area contributed by atoms with Crippen LogP contribution in [0.1, 0.15) is 24.4 Å². The number of hydrogen-bond donors (Lipinski definition) is 0. The number of carbonyl (C=O) groups excluding carboxylic acids is 1. The molecule has 0 saturated carbocycles. The molecular formula is C21H21N3O3. The number of rotatable bonds is 4. The summed E-state index contributed by atoms with van der Waals surface area (Å²) in [6, 6.07) is 15.0. The predicted octanol–water partition coefficient (Wildman–Crippen LogP) is 2.77. The van der Waals surface area contributed by atoms with Crippen LogP contribution >= 0.6 is 0 Å². The van der Waals surface area contributed by atoms with Crippen LogP contribution in [-0.4, -0.2) is 34.0 Å². The Balaban J connectivity index is 1.57. The molecule has 1 unspecified atom stereocenters. The van der Waals surface area contributed by atoms with E-state index in [0.29, 0.717) is 17.4 Å². The third-order valence-corrected chi connectivity index (χ3v) is 5.11. The maximum Gasteiger partial charge on any atom is 0.261 e. The lowest BCUT2D eigenvalue weighted by atomic mass is 10.0. The first-order chi connectivity index (χ1) is 13.2. The minimum absolute atomic E-state index is 0.00330. The summed E-state index contributed by atoms with van der Waals surface area (Å²) < 4.78 is 6.60. The van der Waals surface area contributed by atoms with Gasteiger partial charge in [-0.1, -0.05) is 24.3 Å². The SMILES string of the molecule is COc1ccc(C2CCCN2C(=O)Cn2cnc3ccccc3c2=O)cc1. The largest absolute Gasteiger partial charge is 0.497 e. The Morgan fingerprint density at radius 1 is 1.19 bits per heavy atom. The fourth-order valence-corrected chi connectivity index (χ4v) is 3.69. The molecule has 138 valence electrons. The van der Waals surface area contributed by atoms with Crippen molar-refractivity contribution in [1.29, 1.82) is 0 Å². The lowest BCUT2D eigenvalue weighted by molar-refractivity contribution is -0.132. The molecule has 1 saturated heterocycles. The fourth-order valence-electron chi connectivity index (χ4n) is 3.69. The van der Waals surface area contributed by atoms with Gasteiger partial charge in [-0.3, -0.25) is 14.2 Å². The summed E-state index contributed by atoms with van der Waals surface area (Å²) >= 11 is 0. The summed E-state index contributed by atoms with van der Waals surface area (Å²) in [7, 11) is 1.63. The molecule has 1 atom stereocenters. The summed E-state index contributed by atoms with van der Waals surface area (Å²) in [5, 5.41) is 0.529. The smallest absolute Gasteiger partial charge is 0.261 e. The van der Waals surface area contributed by atoms with E-state index in [-0.39, 0.29) is 24.1 Å². The van der Waals surface area contributed by atoms with Gasteiger partial charge in [-0.25, -0.2) is 4.98 Å². The molecule has 2 aromatic carbocycles. The molecule has 0 bridgehead atoms. The highest BCUT2D eigenvalue weighted by molar-refractivity contribution is 5.79. The highest BCUT2D eigenvalue weighted by Gasteiger charge is 2.30. The third kappa shape index (κ3) is 3.30. The summed E-state index contributed by atoms with van der Waals surface area (Å²) in [4.78, 5) is 31.7. The van der Waals surface area contributed by atoms with Gasteiger partial charge in [0.05, 0.1) is 30.4 Å². The molecule has 1 aliphatic heterocycles. The number of hydrogen-bond acceptors (Lipinski definition) is 4. The average Bonchev–Trinajstić information content (AvgIpc) is 3.20. The molecule has 0 spiro atoms. The van der Waals surface area contributed by atoms with Crippen LogP contribution in [-0.2, 0) is 11.3 Å². The highest BCUT2D eigenvalue weighted by atomic mass is 16.5. The van der Waals surface area contributed by atoms with Crippen LogP contribution in [0.5, 0.6) is 5.75 Å². The van der Waals surface area contributed by atoms with Crippen LogP contribution in [0.15, 0.2) is 59.7 Å². The molecule has 3 aromatic rings. The Labute approximate surface area is 157 Å². The van der Waals surface area contributed by atoms with E-state index in [1.165, 1.54) is 10.9 Å². The Kier molecular flexibility index (Phi) is 4.62. The minimum Gasteiger partial charge on any atom is -0.497 e. The van der Waals surface area contributed by atoms with E-state index in [1.807, 2.05) is 35.2 Å². The van der Waals surface area contributed by atoms with Gasteiger partial charge in [-0.05, 0) is 42.7 Å². The zero-order valence-electron chi connectivity index (χ0n) is 15.2. The van der Waals surface area contributed by atoms with Gasteiger partial charge < -0.3 is 9.64 Å². The van der Waals surface area contributed by atoms with Gasteiger partial charge in [0.2, 0.25) is 5.91 Å². The van der Waals surface area contributed by atoms with E-state index < -0.39 is 0 Å². The normalized spacial score (nSPS) is 16.6. The molecule has 0 radical (unpaired) electrons. The number of para-hydroxylation sites is 1. The van der Waals surface area contributed by atoms with Crippen molar-refractivity contribution >= 4 is 16.8 Å². The van der Waals surface area contributed by atoms with Crippen molar-refractivity contribution in [3.8, 4) is 5.75 Å². The Bertz CT molecular complexity index is 1030. The van der Waals surface area contributed by atoms with Crippen molar-refractivity contribution in [3.63, 3.8) is 0 Å². The summed E-state index contributed by atoms with van der Waals surface area (Å²) in [5.41, 5.74) is 1.54. The lowest BCUT2D eigenvalue weighted by Crippen LogP contribution is -2.36. The Morgan fingerprint density at radius 2 is 1.96 bits per heavy atom. The second kappa shape index (κ2) is 7.23. The second-order valence-corrected chi connectivity index (χ2v) is 6.71. The van der Waals surface area contributed by atoms with Crippen molar-refractivity contribution in [3.05, 3.63) is 70.8 Å². The number of nitrogens with zero attached hydrogens (tertiary/aromatic N) is 3. The van der Waals surface area contributed by atoms with Crippen LogP contribution < -0.4 is 10.3 Å². The molecular weight excluding hydrogens is 342 g/mol. The molecule has 6 nitrogen and oxygen atoms in total. The number of ether oxygens (including phenoxy) is 1. The van der Waals surface area contributed by atoms with Crippen molar-refractivity contribution in [2.24, 2.45) is 0 Å². The van der Waals surface area contributed by atoms with Gasteiger partial charge in [-0.15, -0.1) is 0 Å². The molecule has 1 aliphatic rings. The van der Waals surface area contributed by atoms with E-state index in [0.717, 1.165) is 24.2 Å². The number of carbonyl (C=O) groups is 1. The average molecular weight is 363 g/mol. The molecule has 0 N–H and O–H groups in total. The summed E-state index contributed by atoms with van der Waals surface area (Å²) in [5.74, 6) is 0.732. The van der Waals surface area contributed by atoms with Crippen molar-refractivity contribution < 1.29 is 9.53 Å². The van der Waals surface area contributed by atoms with Gasteiger partial charge in [-0.2, -0.15) is 0 Å². The summed E-state index contributed by atoms with van der Waals surface area (Å²) in [6.45, 7) is 0.703. The number of fused-ring (bicyclic) bond motifs is 1. The lowest BCUT2D eigenvalue weighted by Gasteiger charge is -2.25. The zero-order chi connectivity index (χ0) is 18.8. The molecule has 2 heterocycles. The minimum atomic E-state index is -0.186. The quantitative estimate of drug-likeness (QED) is 0.715. The first-order valence-electron chi connectivity index (χ1n) is 9.05. The van der Waals surface area contributed by atoms with Crippen molar-refractivity contribution in [2.75, 3.05) is 13.7 Å². The molecule has 27 heavy (non-hydrogen) atoms. The van der Waals surface area contributed by atoms with Crippen molar-refractivity contribution in [2.45, 2.75) is 25.4 Å². The number of benzene rings is 2. The maximum absolute atomic E-state index is 12.9. The van der Waals surface area contributed by atoms with E-state index in [2.05, 4.69) is 4.98 Å². The van der Waals surface area contributed by atoms with Gasteiger partial charge in [0.1, 0.15) is 12.3 Å². The maximum atomic E-state index is 12.9. The fraction of sp³-hybridized carbons (Fsp3) is 0.286. The topological polar surface area (TPSA) is 64.4 Å². The molecule has 0 aliphatic carbocycles. The van der Waals surface area contributed by atoms with Crippen LogP contribution in [0.3, 0.4) is 0 Å². The standard InChI is InChI=1S/C21H21N3O3/c1-27-16-10-8-15(9-11-16)19-7-4-12-24(19)20(25)13-23-14-22-18-6-3-2-5-17(18)21(23)26/h2-3,5-6,8-11,14,19H,4,7,12-13H2,1H3. The van der Waals surface area contributed by atoms with Crippen LogP contribution in [0, 0.1) is 0 Å². The van der Waals surface area contributed by atoms with Crippen LogP contribution in [0.4, 0.5) is 0 Å². The number of likely N-dealkylation sites (tertiary alicyclic amines) is 1. The second-order valence-electron chi connectivity index (χ2n) is 6.71. The molecule has 4 rings (SSSR count). The van der Waals surface area contributed by atoms with Gasteiger partial charge >= 0.3 is 0 Å². The molecule has 6 heteroatoms. The van der Waals surface area contributed by atoms with Gasteiger partial charge in [0, 0.05) is 6.54 Å². The zero-order valence-corrected chi connectivity index (χ0v) is 15.2.